The van der Waals surface area contributed by atoms with Crippen LogP contribution in [0.3, 0.4) is 0 Å². The largest absolute Gasteiger partial charge is 0.309 e. The van der Waals surface area contributed by atoms with Crippen LogP contribution >= 0.6 is 11.3 Å². The van der Waals surface area contributed by atoms with E-state index in [1.807, 2.05) is 18.4 Å². The molecule has 1 heterocycles. The molecule has 1 aromatic heterocycles. The van der Waals surface area contributed by atoms with E-state index in [9.17, 15) is 0 Å². The number of hydrogen-bond donors (Lipinski definition) is 1. The van der Waals surface area contributed by atoms with Gasteiger partial charge in [0.2, 0.25) is 0 Å². The van der Waals surface area contributed by atoms with Gasteiger partial charge in [-0.2, -0.15) is 0 Å². The van der Waals surface area contributed by atoms with Gasteiger partial charge in [0.05, 0.1) is 6.04 Å². The first-order valence-electron chi connectivity index (χ1n) is 7.07. The Hall–Kier alpha value is -1.12. The summed E-state index contributed by atoms with van der Waals surface area (Å²) in [6.45, 7) is 4.40. The Morgan fingerprint density at radius 2 is 1.84 bits per heavy atom. The predicted molar refractivity (Wildman–Crippen MR) is 85.0 cm³/mol. The third-order valence-corrected chi connectivity index (χ3v) is 4.53. The summed E-state index contributed by atoms with van der Waals surface area (Å²) < 4.78 is 0. The Kier molecular flexibility index (Phi) is 5.17. The summed E-state index contributed by atoms with van der Waals surface area (Å²) in [4.78, 5) is 2.76. The second-order valence-corrected chi connectivity index (χ2v) is 6.33. The lowest BCUT2D eigenvalue weighted by molar-refractivity contribution is 0.703. The molecule has 0 saturated heterocycles. The van der Waals surface area contributed by atoms with E-state index in [0.29, 0.717) is 6.04 Å². The van der Waals surface area contributed by atoms with Gasteiger partial charge in [-0.3, -0.25) is 0 Å². The summed E-state index contributed by atoms with van der Waals surface area (Å²) in [5, 5.41) is 3.42. The molecule has 0 bridgehead atoms. The predicted octanol–water partition coefficient (Wildman–Crippen LogP) is 4.71. The van der Waals surface area contributed by atoms with Crippen molar-refractivity contribution in [1.82, 2.24) is 5.32 Å². The van der Waals surface area contributed by atoms with Crippen molar-refractivity contribution in [2.75, 3.05) is 7.05 Å². The zero-order valence-electron chi connectivity index (χ0n) is 12.1. The maximum Gasteiger partial charge on any atom is 0.0668 e. The second-order valence-electron chi connectivity index (χ2n) is 5.02. The van der Waals surface area contributed by atoms with Gasteiger partial charge in [0.15, 0.2) is 0 Å². The molecular weight excluding hydrogens is 250 g/mol. The molecule has 1 unspecified atom stereocenters. The third kappa shape index (κ3) is 3.68. The maximum atomic E-state index is 3.42. The van der Waals surface area contributed by atoms with Gasteiger partial charge in [-0.25, -0.2) is 0 Å². The number of aryl methyl sites for hydroxylation is 2. The Labute approximate surface area is 120 Å². The van der Waals surface area contributed by atoms with Crippen molar-refractivity contribution in [1.29, 1.82) is 0 Å². The van der Waals surface area contributed by atoms with Crippen molar-refractivity contribution in [3.63, 3.8) is 0 Å². The SMILES string of the molecule is CCCCc1ccc(C(NC)c2ccc(C)s2)cc1. The van der Waals surface area contributed by atoms with Crippen molar-refractivity contribution in [3.8, 4) is 0 Å². The topological polar surface area (TPSA) is 12.0 Å². The van der Waals surface area contributed by atoms with Crippen molar-refractivity contribution in [2.45, 2.75) is 39.2 Å². The minimum Gasteiger partial charge on any atom is -0.309 e. The van der Waals surface area contributed by atoms with Gasteiger partial charge < -0.3 is 5.32 Å². The van der Waals surface area contributed by atoms with Crippen LogP contribution in [0.5, 0.6) is 0 Å². The molecule has 2 aromatic rings. The molecule has 0 fully saturated rings. The van der Waals surface area contributed by atoms with Gasteiger partial charge in [-0.15, -0.1) is 11.3 Å². The lowest BCUT2D eigenvalue weighted by Gasteiger charge is -2.15. The van der Waals surface area contributed by atoms with Gasteiger partial charge in [0.1, 0.15) is 0 Å². The van der Waals surface area contributed by atoms with E-state index in [1.54, 1.807) is 0 Å². The highest BCUT2D eigenvalue weighted by molar-refractivity contribution is 7.12. The summed E-state index contributed by atoms with van der Waals surface area (Å²) in [5.74, 6) is 0. The molecule has 19 heavy (non-hydrogen) atoms. The Bertz CT molecular complexity index is 498. The zero-order chi connectivity index (χ0) is 13.7. The minimum atomic E-state index is 0.318. The molecule has 0 amide bonds. The fraction of sp³-hybridized carbons (Fsp3) is 0.412. The van der Waals surface area contributed by atoms with E-state index in [1.165, 1.54) is 40.1 Å². The first kappa shape index (κ1) is 14.3. The molecule has 1 N–H and O–H groups in total. The van der Waals surface area contributed by atoms with E-state index >= 15 is 0 Å². The average Bonchev–Trinajstić information content (AvgIpc) is 2.85. The van der Waals surface area contributed by atoms with Crippen LogP contribution in [0.25, 0.3) is 0 Å². The summed E-state index contributed by atoms with van der Waals surface area (Å²) >= 11 is 1.87. The first-order chi connectivity index (χ1) is 9.24. The van der Waals surface area contributed by atoms with E-state index in [0.717, 1.165) is 0 Å². The number of unbranched alkanes of at least 4 members (excludes halogenated alkanes) is 1. The molecule has 0 aliphatic heterocycles. The van der Waals surface area contributed by atoms with Gasteiger partial charge in [-0.05, 0) is 50.1 Å². The van der Waals surface area contributed by atoms with Crippen LogP contribution in [-0.2, 0) is 6.42 Å². The molecule has 0 radical (unpaired) electrons. The first-order valence-corrected chi connectivity index (χ1v) is 7.88. The molecular formula is C17H23NS. The van der Waals surface area contributed by atoms with Crippen LogP contribution < -0.4 is 5.32 Å². The molecule has 102 valence electrons. The van der Waals surface area contributed by atoms with Crippen molar-refractivity contribution >= 4 is 11.3 Å². The third-order valence-electron chi connectivity index (χ3n) is 3.47. The summed E-state index contributed by atoms with van der Waals surface area (Å²) in [6, 6.07) is 13.8. The number of thiophene rings is 1. The number of hydrogen-bond acceptors (Lipinski definition) is 2. The molecule has 2 rings (SSSR count). The van der Waals surface area contributed by atoms with Gasteiger partial charge in [-0.1, -0.05) is 37.6 Å². The Balaban J connectivity index is 2.15. The molecule has 0 aliphatic rings. The van der Waals surface area contributed by atoms with E-state index in [4.69, 9.17) is 0 Å². The van der Waals surface area contributed by atoms with E-state index < -0.39 is 0 Å². The van der Waals surface area contributed by atoms with Crippen LogP contribution in [0.1, 0.15) is 46.7 Å². The van der Waals surface area contributed by atoms with Crippen molar-refractivity contribution in [2.24, 2.45) is 0 Å². The van der Waals surface area contributed by atoms with Crippen molar-refractivity contribution < 1.29 is 0 Å². The standard InChI is InChI=1S/C17H23NS/c1-4-5-6-14-8-10-15(11-9-14)17(18-3)16-12-7-13(2)19-16/h7-12,17-18H,4-6H2,1-3H3. The fourth-order valence-electron chi connectivity index (χ4n) is 2.34. The van der Waals surface area contributed by atoms with Crippen molar-refractivity contribution in [3.05, 3.63) is 57.3 Å². The molecule has 0 saturated carbocycles. The Morgan fingerprint density at radius 1 is 1.11 bits per heavy atom. The average molecular weight is 273 g/mol. The van der Waals surface area contributed by atoms with Crippen LogP contribution in [0.2, 0.25) is 0 Å². The highest BCUT2D eigenvalue weighted by atomic mass is 32.1. The highest BCUT2D eigenvalue weighted by Crippen LogP contribution is 2.28. The van der Waals surface area contributed by atoms with Gasteiger partial charge in [0, 0.05) is 9.75 Å². The maximum absolute atomic E-state index is 3.42. The van der Waals surface area contributed by atoms with E-state index in [-0.39, 0.29) is 0 Å². The molecule has 1 nitrogen and oxygen atoms in total. The zero-order valence-corrected chi connectivity index (χ0v) is 12.9. The van der Waals surface area contributed by atoms with Crippen LogP contribution in [0.4, 0.5) is 0 Å². The number of nitrogens with one attached hydrogen (secondary N) is 1. The summed E-state index contributed by atoms with van der Waals surface area (Å²) in [5.41, 5.74) is 2.80. The van der Waals surface area contributed by atoms with Crippen LogP contribution in [0.15, 0.2) is 36.4 Å². The van der Waals surface area contributed by atoms with Crippen LogP contribution in [0, 0.1) is 6.92 Å². The number of rotatable bonds is 6. The lowest BCUT2D eigenvalue weighted by atomic mass is 10.0. The molecule has 0 spiro atoms. The lowest BCUT2D eigenvalue weighted by Crippen LogP contribution is -2.16. The smallest absolute Gasteiger partial charge is 0.0668 e. The minimum absolute atomic E-state index is 0.318. The molecule has 0 aliphatic carbocycles. The van der Waals surface area contributed by atoms with Gasteiger partial charge in [0.25, 0.3) is 0 Å². The molecule has 2 heteroatoms. The summed E-state index contributed by atoms with van der Waals surface area (Å²) in [6.07, 6.45) is 3.73. The monoisotopic (exact) mass is 273 g/mol. The molecule has 1 aromatic carbocycles. The van der Waals surface area contributed by atoms with E-state index in [2.05, 4.69) is 55.6 Å². The highest BCUT2D eigenvalue weighted by Gasteiger charge is 2.13. The molecule has 1 atom stereocenters. The second kappa shape index (κ2) is 6.88. The normalized spacial score (nSPS) is 12.6. The fourth-order valence-corrected chi connectivity index (χ4v) is 3.36. The summed E-state index contributed by atoms with van der Waals surface area (Å²) in [7, 11) is 2.03. The van der Waals surface area contributed by atoms with Gasteiger partial charge >= 0.3 is 0 Å². The van der Waals surface area contributed by atoms with Crippen LogP contribution in [-0.4, -0.2) is 7.05 Å². The number of benzene rings is 1. The quantitative estimate of drug-likeness (QED) is 0.804. The Morgan fingerprint density at radius 3 is 2.37 bits per heavy atom.